The van der Waals surface area contributed by atoms with Gasteiger partial charge < -0.3 is 9.32 Å². The van der Waals surface area contributed by atoms with Crippen molar-refractivity contribution >= 4 is 39.0 Å². The number of benzene rings is 6. The molecule has 208 valence electrons. The van der Waals surface area contributed by atoms with Crippen LogP contribution in [0.4, 0.5) is 17.1 Å². The lowest BCUT2D eigenvalue weighted by molar-refractivity contribution is 0.669. The van der Waals surface area contributed by atoms with E-state index in [0.29, 0.717) is 11.6 Å². The fourth-order valence-corrected chi connectivity index (χ4v) is 5.77. The highest BCUT2D eigenvalue weighted by Crippen LogP contribution is 2.39. The molecule has 0 saturated heterocycles. The van der Waals surface area contributed by atoms with Gasteiger partial charge in [0, 0.05) is 39.0 Å². The Morgan fingerprint density at radius 2 is 1.07 bits per heavy atom. The van der Waals surface area contributed by atoms with Gasteiger partial charge in [-0.1, -0.05) is 97.1 Å². The molecule has 5 heteroatoms. The van der Waals surface area contributed by atoms with Gasteiger partial charge in [0.15, 0.2) is 11.6 Å². The molecule has 8 rings (SSSR count). The first-order valence-corrected chi connectivity index (χ1v) is 14.5. The molecule has 6 aromatic carbocycles. The van der Waals surface area contributed by atoms with E-state index < -0.39 is 0 Å². The van der Waals surface area contributed by atoms with Crippen LogP contribution in [-0.4, -0.2) is 15.0 Å². The van der Waals surface area contributed by atoms with Crippen LogP contribution in [-0.2, 0) is 0 Å². The Balaban J connectivity index is 1.21. The van der Waals surface area contributed by atoms with E-state index in [2.05, 4.69) is 106 Å². The fourth-order valence-electron chi connectivity index (χ4n) is 5.77. The van der Waals surface area contributed by atoms with E-state index in [9.17, 15) is 0 Å². The quantitative estimate of drug-likeness (QED) is 0.200. The fraction of sp³-hybridized carbons (Fsp3) is 0. The van der Waals surface area contributed by atoms with E-state index in [4.69, 9.17) is 9.40 Å². The summed E-state index contributed by atoms with van der Waals surface area (Å²) in [4.78, 5) is 16.1. The summed E-state index contributed by atoms with van der Waals surface area (Å²) >= 11 is 0. The van der Waals surface area contributed by atoms with Crippen LogP contribution in [0.1, 0.15) is 0 Å². The standard InChI is InChI=1S/C39H26N4O/c1-4-12-27(13-5-1)38-40-26-41-39(42-38)34-20-11-21-35-37(34)33-23-22-29(25-36(33)44-35)28-14-10-19-32(24-28)43(30-15-6-2-7-16-30)31-17-8-3-9-18-31/h1-26H. The summed E-state index contributed by atoms with van der Waals surface area (Å²) in [6.45, 7) is 0. The molecular formula is C39H26N4O. The van der Waals surface area contributed by atoms with E-state index in [0.717, 1.165) is 61.3 Å². The zero-order valence-corrected chi connectivity index (χ0v) is 23.7. The molecule has 8 aromatic rings. The molecule has 0 aliphatic heterocycles. The number of aromatic nitrogens is 3. The summed E-state index contributed by atoms with van der Waals surface area (Å²) < 4.78 is 6.43. The second-order valence-electron chi connectivity index (χ2n) is 10.5. The molecule has 5 nitrogen and oxygen atoms in total. The van der Waals surface area contributed by atoms with Crippen LogP contribution in [0.15, 0.2) is 162 Å². The number of nitrogens with zero attached hydrogens (tertiary/aromatic N) is 4. The number of hydrogen-bond donors (Lipinski definition) is 0. The summed E-state index contributed by atoms with van der Waals surface area (Å²) in [5.41, 5.74) is 8.94. The van der Waals surface area contributed by atoms with Crippen LogP contribution < -0.4 is 4.90 Å². The van der Waals surface area contributed by atoms with E-state index >= 15 is 0 Å². The highest BCUT2D eigenvalue weighted by molar-refractivity contribution is 6.12. The molecule has 0 fully saturated rings. The van der Waals surface area contributed by atoms with Crippen molar-refractivity contribution in [3.63, 3.8) is 0 Å². The van der Waals surface area contributed by atoms with Gasteiger partial charge in [-0.2, -0.15) is 0 Å². The predicted octanol–water partition coefficient (Wildman–Crippen LogP) is 10.2. The molecule has 44 heavy (non-hydrogen) atoms. The number of furan rings is 1. The maximum atomic E-state index is 6.43. The van der Waals surface area contributed by atoms with Crippen LogP contribution in [0, 0.1) is 0 Å². The lowest BCUT2D eigenvalue weighted by atomic mass is 10.0. The molecule has 0 atom stereocenters. The summed E-state index contributed by atoms with van der Waals surface area (Å²) in [5.74, 6) is 1.26. The Kier molecular flexibility index (Phi) is 6.39. The van der Waals surface area contributed by atoms with Crippen molar-refractivity contribution in [2.75, 3.05) is 4.90 Å². The molecule has 2 aromatic heterocycles. The van der Waals surface area contributed by atoms with Gasteiger partial charge in [0.2, 0.25) is 0 Å². The van der Waals surface area contributed by atoms with Gasteiger partial charge >= 0.3 is 0 Å². The van der Waals surface area contributed by atoms with Crippen molar-refractivity contribution in [3.05, 3.63) is 158 Å². The Hall–Kier alpha value is -6.07. The number of hydrogen-bond acceptors (Lipinski definition) is 5. The minimum atomic E-state index is 0.617. The SMILES string of the molecule is c1ccc(-c2ncnc(-c3cccc4oc5cc(-c6cccc(N(c7ccccc7)c7ccccc7)c6)ccc5c34)n2)cc1. The maximum absolute atomic E-state index is 6.43. The van der Waals surface area contributed by atoms with Gasteiger partial charge in [-0.05, 0) is 65.7 Å². The van der Waals surface area contributed by atoms with Crippen LogP contribution >= 0.6 is 0 Å². The number of anilines is 3. The molecule has 0 spiro atoms. The third-order valence-corrected chi connectivity index (χ3v) is 7.81. The molecule has 0 N–H and O–H groups in total. The van der Waals surface area contributed by atoms with Crippen LogP contribution in [0.3, 0.4) is 0 Å². The van der Waals surface area contributed by atoms with Gasteiger partial charge in [0.25, 0.3) is 0 Å². The summed E-state index contributed by atoms with van der Waals surface area (Å²) in [6, 6.07) is 51.9. The monoisotopic (exact) mass is 566 g/mol. The van der Waals surface area contributed by atoms with Gasteiger partial charge in [0.1, 0.15) is 17.5 Å². The lowest BCUT2D eigenvalue weighted by Gasteiger charge is -2.25. The first-order valence-electron chi connectivity index (χ1n) is 14.5. The number of fused-ring (bicyclic) bond motifs is 3. The minimum absolute atomic E-state index is 0.617. The Morgan fingerprint density at radius 1 is 0.455 bits per heavy atom. The van der Waals surface area contributed by atoms with E-state index in [1.165, 1.54) is 0 Å². The van der Waals surface area contributed by atoms with Gasteiger partial charge in [-0.25, -0.2) is 15.0 Å². The van der Waals surface area contributed by atoms with Crippen molar-refractivity contribution in [1.29, 1.82) is 0 Å². The van der Waals surface area contributed by atoms with Crippen LogP contribution in [0.5, 0.6) is 0 Å². The maximum Gasteiger partial charge on any atom is 0.164 e. The van der Waals surface area contributed by atoms with Crippen molar-refractivity contribution in [3.8, 4) is 33.9 Å². The van der Waals surface area contributed by atoms with Crippen molar-refractivity contribution in [1.82, 2.24) is 15.0 Å². The number of para-hydroxylation sites is 2. The molecule has 0 amide bonds. The summed E-state index contributed by atoms with van der Waals surface area (Å²) in [5, 5.41) is 2.01. The Morgan fingerprint density at radius 3 is 1.82 bits per heavy atom. The molecule has 2 heterocycles. The molecule has 0 saturated carbocycles. The Bertz CT molecular complexity index is 2190. The normalized spacial score (nSPS) is 11.2. The molecule has 0 aliphatic carbocycles. The first-order chi connectivity index (χ1) is 21.8. The van der Waals surface area contributed by atoms with Crippen molar-refractivity contribution < 1.29 is 4.42 Å². The highest BCUT2D eigenvalue weighted by Gasteiger charge is 2.17. The molecule has 0 bridgehead atoms. The molecule has 0 radical (unpaired) electrons. The predicted molar refractivity (Wildman–Crippen MR) is 178 cm³/mol. The molecule has 0 aliphatic rings. The second-order valence-corrected chi connectivity index (χ2v) is 10.5. The third-order valence-electron chi connectivity index (χ3n) is 7.81. The summed E-state index contributed by atoms with van der Waals surface area (Å²) in [6.07, 6.45) is 1.57. The smallest absolute Gasteiger partial charge is 0.164 e. The van der Waals surface area contributed by atoms with Gasteiger partial charge in [-0.3, -0.25) is 0 Å². The topological polar surface area (TPSA) is 55.1 Å². The zero-order valence-electron chi connectivity index (χ0n) is 23.7. The lowest BCUT2D eigenvalue weighted by Crippen LogP contribution is -2.09. The molecule has 0 unspecified atom stereocenters. The Labute approximate surface area is 254 Å². The van der Waals surface area contributed by atoms with Crippen molar-refractivity contribution in [2.45, 2.75) is 0 Å². The zero-order chi connectivity index (χ0) is 29.3. The average Bonchev–Trinajstić information content (AvgIpc) is 3.48. The second kappa shape index (κ2) is 11.0. The molecular weight excluding hydrogens is 540 g/mol. The highest BCUT2D eigenvalue weighted by atomic mass is 16.3. The van der Waals surface area contributed by atoms with E-state index in [1.54, 1.807) is 6.33 Å². The third kappa shape index (κ3) is 4.67. The van der Waals surface area contributed by atoms with E-state index in [1.807, 2.05) is 60.7 Å². The van der Waals surface area contributed by atoms with Gasteiger partial charge in [-0.15, -0.1) is 0 Å². The average molecular weight is 567 g/mol. The van der Waals surface area contributed by atoms with Gasteiger partial charge in [0.05, 0.1) is 0 Å². The van der Waals surface area contributed by atoms with Crippen LogP contribution in [0.2, 0.25) is 0 Å². The minimum Gasteiger partial charge on any atom is -0.456 e. The summed E-state index contributed by atoms with van der Waals surface area (Å²) in [7, 11) is 0. The first kappa shape index (κ1) is 25.6. The van der Waals surface area contributed by atoms with Crippen LogP contribution in [0.25, 0.3) is 55.8 Å². The largest absolute Gasteiger partial charge is 0.456 e. The number of rotatable bonds is 6. The van der Waals surface area contributed by atoms with E-state index in [-0.39, 0.29) is 0 Å². The van der Waals surface area contributed by atoms with Crippen molar-refractivity contribution in [2.24, 2.45) is 0 Å².